The van der Waals surface area contributed by atoms with Crippen LogP contribution in [0.2, 0.25) is 0 Å². The molecule has 0 heterocycles. The summed E-state index contributed by atoms with van der Waals surface area (Å²) in [5, 5.41) is 0. The fourth-order valence-corrected chi connectivity index (χ4v) is 3.44. The maximum Gasteiger partial charge on any atom is 0.392 e. The molecule has 2 N–H and O–H groups in total. The number of nitrogens with two attached hydrogens (primary N) is 1. The zero-order valence-corrected chi connectivity index (χ0v) is 10.7. The van der Waals surface area contributed by atoms with E-state index in [1.165, 1.54) is 0 Å². The van der Waals surface area contributed by atoms with E-state index in [0.29, 0.717) is 12.8 Å². The summed E-state index contributed by atoms with van der Waals surface area (Å²) < 4.78 is 39.1. The van der Waals surface area contributed by atoms with Gasteiger partial charge in [-0.3, -0.25) is 0 Å². The number of rotatable bonds is 2. The lowest BCUT2D eigenvalue weighted by Crippen LogP contribution is -2.44. The summed E-state index contributed by atoms with van der Waals surface area (Å²) in [5.74, 6) is -1.59. The van der Waals surface area contributed by atoms with Gasteiger partial charge in [0.25, 0.3) is 0 Å². The van der Waals surface area contributed by atoms with Crippen molar-refractivity contribution in [3.05, 3.63) is 11.6 Å². The van der Waals surface area contributed by atoms with Crippen LogP contribution >= 0.6 is 0 Å². The number of allylic oxidation sites excluding steroid dienone is 1. The van der Waals surface area contributed by atoms with Crippen LogP contribution in [0.15, 0.2) is 11.6 Å². The molecule has 0 aliphatic heterocycles. The van der Waals surface area contributed by atoms with E-state index in [9.17, 15) is 13.2 Å². The van der Waals surface area contributed by atoms with Crippen molar-refractivity contribution in [2.24, 2.45) is 17.6 Å². The highest BCUT2D eigenvalue weighted by atomic mass is 19.4. The van der Waals surface area contributed by atoms with Crippen LogP contribution in [0.4, 0.5) is 13.2 Å². The molecule has 0 amide bonds. The molecular weight excluding hydrogens is 239 g/mol. The third-order valence-corrected chi connectivity index (χ3v) is 4.46. The lowest BCUT2D eigenvalue weighted by Gasteiger charge is -2.38. The fraction of sp³-hybridized carbons (Fsp3) is 0.857. The molecule has 0 aromatic rings. The Morgan fingerprint density at radius 3 is 2.44 bits per heavy atom. The zero-order chi connectivity index (χ0) is 13.2. The van der Waals surface area contributed by atoms with Crippen molar-refractivity contribution in [1.82, 2.24) is 0 Å². The zero-order valence-electron chi connectivity index (χ0n) is 10.7. The molecule has 0 aromatic carbocycles. The van der Waals surface area contributed by atoms with Gasteiger partial charge in [-0.2, -0.15) is 13.2 Å². The van der Waals surface area contributed by atoms with Gasteiger partial charge in [0.05, 0.1) is 5.92 Å². The highest BCUT2D eigenvalue weighted by Crippen LogP contribution is 2.44. The molecule has 2 rings (SSSR count). The average molecular weight is 261 g/mol. The summed E-state index contributed by atoms with van der Waals surface area (Å²) in [7, 11) is 0. The number of hydrogen-bond donors (Lipinski definition) is 1. The van der Waals surface area contributed by atoms with Gasteiger partial charge < -0.3 is 5.73 Å². The Morgan fingerprint density at radius 1 is 1.11 bits per heavy atom. The van der Waals surface area contributed by atoms with Gasteiger partial charge in [-0.05, 0) is 44.4 Å². The Hall–Kier alpha value is -0.510. The predicted molar refractivity (Wildman–Crippen MR) is 66.0 cm³/mol. The molecule has 104 valence electrons. The van der Waals surface area contributed by atoms with Crippen LogP contribution in [0.1, 0.15) is 51.4 Å². The average Bonchev–Trinajstić information content (AvgIpc) is 2.38. The summed E-state index contributed by atoms with van der Waals surface area (Å²) >= 11 is 0. The van der Waals surface area contributed by atoms with E-state index >= 15 is 0 Å². The van der Waals surface area contributed by atoms with E-state index in [0.717, 1.165) is 37.7 Å². The topological polar surface area (TPSA) is 26.0 Å². The molecule has 1 nitrogen and oxygen atoms in total. The minimum absolute atomic E-state index is 0.259. The smallest absolute Gasteiger partial charge is 0.324 e. The maximum atomic E-state index is 13.0. The van der Waals surface area contributed by atoms with Crippen LogP contribution in [0, 0.1) is 11.8 Å². The largest absolute Gasteiger partial charge is 0.392 e. The van der Waals surface area contributed by atoms with E-state index in [1.54, 1.807) is 0 Å². The van der Waals surface area contributed by atoms with E-state index in [1.807, 2.05) is 0 Å². The summed E-state index contributed by atoms with van der Waals surface area (Å²) in [6.07, 6.45) is 4.54. The Balaban J connectivity index is 2.10. The van der Waals surface area contributed by atoms with Crippen molar-refractivity contribution >= 4 is 0 Å². The Kier molecular flexibility index (Phi) is 4.36. The summed E-state index contributed by atoms with van der Waals surface area (Å²) in [6.45, 7) is 0. The standard InChI is InChI=1S/C14H22F3N/c15-14(16,17)12-9-5-4-8-11(12)13(18)10-6-2-1-3-7-10/h6,11-13H,1-5,7-9,18H2. The minimum atomic E-state index is -4.09. The quantitative estimate of drug-likeness (QED) is 0.741. The first-order valence-electron chi connectivity index (χ1n) is 7.01. The predicted octanol–water partition coefficient (Wildman–Crippen LogP) is 4.18. The van der Waals surface area contributed by atoms with E-state index in [4.69, 9.17) is 5.73 Å². The molecule has 2 aliphatic rings. The van der Waals surface area contributed by atoms with Gasteiger partial charge in [0.2, 0.25) is 0 Å². The van der Waals surface area contributed by atoms with E-state index in [-0.39, 0.29) is 12.5 Å². The molecule has 0 radical (unpaired) electrons. The second kappa shape index (κ2) is 5.64. The first-order valence-corrected chi connectivity index (χ1v) is 7.01. The van der Waals surface area contributed by atoms with Gasteiger partial charge in [-0.25, -0.2) is 0 Å². The van der Waals surface area contributed by atoms with Gasteiger partial charge in [0.15, 0.2) is 0 Å². The van der Waals surface area contributed by atoms with Crippen LogP contribution < -0.4 is 5.73 Å². The van der Waals surface area contributed by atoms with E-state index in [2.05, 4.69) is 6.08 Å². The van der Waals surface area contributed by atoms with Crippen molar-refractivity contribution in [1.29, 1.82) is 0 Å². The van der Waals surface area contributed by atoms with Crippen molar-refractivity contribution in [3.63, 3.8) is 0 Å². The monoisotopic (exact) mass is 261 g/mol. The molecule has 3 atom stereocenters. The lowest BCUT2D eigenvalue weighted by atomic mass is 9.72. The molecule has 3 unspecified atom stereocenters. The van der Waals surface area contributed by atoms with Gasteiger partial charge in [0, 0.05) is 6.04 Å². The van der Waals surface area contributed by atoms with Gasteiger partial charge >= 0.3 is 6.18 Å². The molecular formula is C14H22F3N. The van der Waals surface area contributed by atoms with Crippen molar-refractivity contribution < 1.29 is 13.2 Å². The lowest BCUT2D eigenvalue weighted by molar-refractivity contribution is -0.197. The normalized spacial score (nSPS) is 31.9. The third-order valence-electron chi connectivity index (χ3n) is 4.46. The molecule has 0 saturated heterocycles. The van der Waals surface area contributed by atoms with Crippen molar-refractivity contribution in [2.45, 2.75) is 63.6 Å². The first kappa shape index (κ1) is 13.9. The second-order valence-electron chi connectivity index (χ2n) is 5.65. The van der Waals surface area contributed by atoms with Crippen LogP contribution in [0.5, 0.6) is 0 Å². The molecule has 2 aliphatic carbocycles. The van der Waals surface area contributed by atoms with Crippen LogP contribution in [-0.4, -0.2) is 12.2 Å². The summed E-state index contributed by atoms with van der Waals surface area (Å²) in [4.78, 5) is 0. The van der Waals surface area contributed by atoms with E-state index < -0.39 is 18.0 Å². The van der Waals surface area contributed by atoms with Crippen molar-refractivity contribution in [2.75, 3.05) is 0 Å². The van der Waals surface area contributed by atoms with Crippen LogP contribution in [-0.2, 0) is 0 Å². The third kappa shape index (κ3) is 3.08. The van der Waals surface area contributed by atoms with Gasteiger partial charge in [-0.1, -0.05) is 24.5 Å². The number of halogens is 3. The van der Waals surface area contributed by atoms with Crippen LogP contribution in [0.25, 0.3) is 0 Å². The molecule has 0 bridgehead atoms. The molecule has 18 heavy (non-hydrogen) atoms. The Labute approximate surface area is 107 Å². The maximum absolute atomic E-state index is 13.0. The van der Waals surface area contributed by atoms with Crippen LogP contribution in [0.3, 0.4) is 0 Å². The van der Waals surface area contributed by atoms with Crippen molar-refractivity contribution in [3.8, 4) is 0 Å². The summed E-state index contributed by atoms with van der Waals surface area (Å²) in [5.41, 5.74) is 7.21. The number of hydrogen-bond acceptors (Lipinski definition) is 1. The number of alkyl halides is 3. The highest BCUT2D eigenvalue weighted by Gasteiger charge is 2.47. The SMILES string of the molecule is NC(C1=CCCCC1)C1CCCCC1C(F)(F)F. The molecule has 1 fully saturated rings. The Morgan fingerprint density at radius 2 is 1.83 bits per heavy atom. The minimum Gasteiger partial charge on any atom is -0.324 e. The van der Waals surface area contributed by atoms with Gasteiger partial charge in [0.1, 0.15) is 0 Å². The second-order valence-corrected chi connectivity index (χ2v) is 5.65. The fourth-order valence-electron chi connectivity index (χ4n) is 3.44. The molecule has 0 spiro atoms. The molecule has 4 heteroatoms. The summed E-state index contributed by atoms with van der Waals surface area (Å²) in [6, 6.07) is -0.378. The Bertz CT molecular complexity index is 309. The molecule has 0 aromatic heterocycles. The van der Waals surface area contributed by atoms with Gasteiger partial charge in [-0.15, -0.1) is 0 Å². The first-order chi connectivity index (χ1) is 8.50. The highest BCUT2D eigenvalue weighted by molar-refractivity contribution is 5.15. The molecule has 1 saturated carbocycles.